The predicted molar refractivity (Wildman–Crippen MR) is 125 cm³/mol. The summed E-state index contributed by atoms with van der Waals surface area (Å²) in [5, 5.41) is 4.55. The van der Waals surface area contributed by atoms with Crippen molar-refractivity contribution in [3.05, 3.63) is 42.0 Å². The molecule has 2 fully saturated rings. The minimum absolute atomic E-state index is 0.147. The Morgan fingerprint density at radius 3 is 2.79 bits per heavy atom. The summed E-state index contributed by atoms with van der Waals surface area (Å²) in [6, 6.07) is 6.97. The van der Waals surface area contributed by atoms with Gasteiger partial charge in [-0.2, -0.15) is 9.97 Å². The van der Waals surface area contributed by atoms with E-state index in [-0.39, 0.29) is 23.3 Å². The maximum Gasteiger partial charge on any atom is 0.326 e. The summed E-state index contributed by atoms with van der Waals surface area (Å²) in [7, 11) is 1.76. The molecule has 1 spiro atoms. The lowest BCUT2D eigenvalue weighted by Gasteiger charge is -2.60. The SMILES string of the molecule is CNc1cc(F)cc2c1[nH]c1nc(Oc3ccc(CN)nc3)nc(N3CC4(CC[C@H]4N)C3)c12. The van der Waals surface area contributed by atoms with Crippen LogP contribution in [0.25, 0.3) is 21.9 Å². The van der Waals surface area contributed by atoms with Crippen molar-refractivity contribution < 1.29 is 9.13 Å². The van der Waals surface area contributed by atoms with Crippen LogP contribution in [0.5, 0.6) is 11.8 Å². The zero-order chi connectivity index (χ0) is 22.7. The molecule has 1 aromatic carbocycles. The molecule has 0 radical (unpaired) electrons. The summed E-state index contributed by atoms with van der Waals surface area (Å²) in [6.45, 7) is 1.98. The number of anilines is 2. The third-order valence-electron chi connectivity index (χ3n) is 7.02. The molecule has 10 heteroatoms. The van der Waals surface area contributed by atoms with Crippen LogP contribution in [0.1, 0.15) is 18.5 Å². The van der Waals surface area contributed by atoms with Gasteiger partial charge in [-0.3, -0.25) is 4.98 Å². The molecule has 1 saturated carbocycles. The van der Waals surface area contributed by atoms with Crippen LogP contribution in [-0.2, 0) is 6.54 Å². The Balaban J connectivity index is 1.47. The summed E-state index contributed by atoms with van der Waals surface area (Å²) < 4.78 is 20.4. The molecule has 9 nitrogen and oxygen atoms in total. The average Bonchev–Trinajstić information content (AvgIpc) is 3.15. The van der Waals surface area contributed by atoms with E-state index in [0.717, 1.165) is 47.9 Å². The van der Waals surface area contributed by atoms with Crippen LogP contribution in [0.2, 0.25) is 0 Å². The van der Waals surface area contributed by atoms with Gasteiger partial charge in [0.05, 0.1) is 28.5 Å². The standard InChI is InChI=1S/C23H25FN8O/c1-27-16-7-12(24)6-15-18-20(29-19(15)16)30-22(33-14-3-2-13(8-25)28-9-14)31-21(18)32-10-23(11-32)5-4-17(23)26/h2-3,6-7,9,17,27H,4-5,8,10-11,25-26H2,1H3,(H,29,30,31)/t17-/m1/s1. The van der Waals surface area contributed by atoms with Gasteiger partial charge in [-0.1, -0.05) is 0 Å². The van der Waals surface area contributed by atoms with E-state index >= 15 is 0 Å². The van der Waals surface area contributed by atoms with Gasteiger partial charge in [-0.05, 0) is 37.1 Å². The summed E-state index contributed by atoms with van der Waals surface area (Å²) in [6.07, 6.45) is 3.77. The van der Waals surface area contributed by atoms with Crippen molar-refractivity contribution in [2.45, 2.75) is 25.4 Å². The average molecular weight is 449 g/mol. The van der Waals surface area contributed by atoms with E-state index in [1.165, 1.54) is 12.1 Å². The summed E-state index contributed by atoms with van der Waals surface area (Å²) in [5.41, 5.74) is 14.8. The largest absolute Gasteiger partial charge is 0.423 e. The van der Waals surface area contributed by atoms with Crippen molar-refractivity contribution in [2.24, 2.45) is 16.9 Å². The molecule has 170 valence electrons. The van der Waals surface area contributed by atoms with Crippen LogP contribution in [0.4, 0.5) is 15.9 Å². The fraction of sp³-hybridized carbons (Fsp3) is 0.348. The number of hydrogen-bond donors (Lipinski definition) is 4. The Labute approximate surface area is 189 Å². The Hall–Kier alpha value is -3.50. The fourth-order valence-corrected chi connectivity index (χ4v) is 4.97. The molecule has 6 N–H and O–H groups in total. The van der Waals surface area contributed by atoms with Crippen molar-refractivity contribution in [3.8, 4) is 11.8 Å². The first-order valence-corrected chi connectivity index (χ1v) is 11.0. The molecule has 1 atom stereocenters. The highest BCUT2D eigenvalue weighted by atomic mass is 19.1. The van der Waals surface area contributed by atoms with E-state index in [0.29, 0.717) is 29.4 Å². The zero-order valence-corrected chi connectivity index (χ0v) is 18.2. The topological polar surface area (TPSA) is 131 Å². The molecule has 0 amide bonds. The minimum atomic E-state index is -0.328. The number of benzene rings is 1. The molecular formula is C23H25FN8O. The molecule has 33 heavy (non-hydrogen) atoms. The zero-order valence-electron chi connectivity index (χ0n) is 18.2. The number of fused-ring (bicyclic) bond motifs is 3. The molecule has 3 aromatic heterocycles. The molecule has 1 aliphatic heterocycles. The van der Waals surface area contributed by atoms with Crippen LogP contribution >= 0.6 is 0 Å². The second-order valence-electron chi connectivity index (χ2n) is 8.96. The number of aromatic amines is 1. The molecule has 4 aromatic rings. The fourth-order valence-electron chi connectivity index (χ4n) is 4.97. The number of nitrogens with one attached hydrogen (secondary N) is 2. The van der Waals surface area contributed by atoms with E-state index in [2.05, 4.69) is 25.2 Å². The molecule has 0 unspecified atom stereocenters. The molecule has 2 aliphatic rings. The van der Waals surface area contributed by atoms with E-state index in [1.807, 2.05) is 0 Å². The molecule has 4 heterocycles. The number of nitrogens with two attached hydrogens (primary N) is 2. The number of H-pyrrole nitrogens is 1. The van der Waals surface area contributed by atoms with Crippen molar-refractivity contribution in [1.29, 1.82) is 0 Å². The first-order chi connectivity index (χ1) is 16.0. The van der Waals surface area contributed by atoms with Gasteiger partial charge in [0, 0.05) is 43.5 Å². The predicted octanol–water partition coefficient (Wildman–Crippen LogP) is 2.87. The van der Waals surface area contributed by atoms with Crippen LogP contribution in [0.15, 0.2) is 30.5 Å². The lowest BCUT2D eigenvalue weighted by atomic mass is 9.60. The Morgan fingerprint density at radius 1 is 1.30 bits per heavy atom. The highest BCUT2D eigenvalue weighted by molar-refractivity contribution is 6.14. The molecule has 1 saturated heterocycles. The lowest BCUT2D eigenvalue weighted by Crippen LogP contribution is -2.69. The van der Waals surface area contributed by atoms with Crippen molar-refractivity contribution in [2.75, 3.05) is 30.4 Å². The number of rotatable bonds is 5. The smallest absolute Gasteiger partial charge is 0.326 e. The van der Waals surface area contributed by atoms with Gasteiger partial charge in [0.1, 0.15) is 23.0 Å². The lowest BCUT2D eigenvalue weighted by molar-refractivity contribution is 0.0559. The second kappa shape index (κ2) is 7.26. The summed E-state index contributed by atoms with van der Waals surface area (Å²) in [4.78, 5) is 19.1. The highest BCUT2D eigenvalue weighted by Crippen LogP contribution is 2.50. The molecule has 0 bridgehead atoms. The maximum atomic E-state index is 14.4. The van der Waals surface area contributed by atoms with Gasteiger partial charge in [0.2, 0.25) is 0 Å². The van der Waals surface area contributed by atoms with Gasteiger partial charge in [-0.25, -0.2) is 4.39 Å². The van der Waals surface area contributed by atoms with Crippen LogP contribution < -0.4 is 26.4 Å². The number of pyridine rings is 1. The minimum Gasteiger partial charge on any atom is -0.423 e. The van der Waals surface area contributed by atoms with E-state index in [1.54, 1.807) is 25.4 Å². The normalized spacial score (nSPS) is 19.0. The summed E-state index contributed by atoms with van der Waals surface area (Å²) in [5.74, 6) is 0.896. The number of hydrogen-bond acceptors (Lipinski definition) is 8. The first kappa shape index (κ1) is 20.1. The van der Waals surface area contributed by atoms with Gasteiger partial charge < -0.3 is 31.4 Å². The number of nitrogens with zero attached hydrogens (tertiary/aromatic N) is 4. The Kier molecular flexibility index (Phi) is 4.43. The number of aromatic nitrogens is 4. The van der Waals surface area contributed by atoms with Crippen molar-refractivity contribution in [1.82, 2.24) is 19.9 Å². The Morgan fingerprint density at radius 2 is 2.15 bits per heavy atom. The van der Waals surface area contributed by atoms with Crippen LogP contribution in [0, 0.1) is 11.2 Å². The third-order valence-corrected chi connectivity index (χ3v) is 7.02. The number of halogens is 1. The van der Waals surface area contributed by atoms with E-state index in [4.69, 9.17) is 21.2 Å². The van der Waals surface area contributed by atoms with Crippen LogP contribution in [0.3, 0.4) is 0 Å². The first-order valence-electron chi connectivity index (χ1n) is 11.0. The van der Waals surface area contributed by atoms with Gasteiger partial charge in [0.25, 0.3) is 0 Å². The molecule has 1 aliphatic carbocycles. The quantitative estimate of drug-likeness (QED) is 0.367. The molecular weight excluding hydrogens is 423 g/mol. The van der Waals surface area contributed by atoms with Gasteiger partial charge in [-0.15, -0.1) is 0 Å². The third kappa shape index (κ3) is 3.09. The van der Waals surface area contributed by atoms with Crippen molar-refractivity contribution in [3.63, 3.8) is 0 Å². The van der Waals surface area contributed by atoms with E-state index in [9.17, 15) is 4.39 Å². The molecule has 6 rings (SSSR count). The van der Waals surface area contributed by atoms with Crippen molar-refractivity contribution >= 4 is 33.4 Å². The van der Waals surface area contributed by atoms with Gasteiger partial charge in [0.15, 0.2) is 0 Å². The Bertz CT molecular complexity index is 1360. The number of ether oxygens (including phenoxy) is 1. The highest BCUT2D eigenvalue weighted by Gasteiger charge is 2.53. The second-order valence-corrected chi connectivity index (χ2v) is 8.96. The summed E-state index contributed by atoms with van der Waals surface area (Å²) >= 11 is 0. The maximum absolute atomic E-state index is 14.4. The monoisotopic (exact) mass is 448 g/mol. The van der Waals surface area contributed by atoms with E-state index < -0.39 is 0 Å². The van der Waals surface area contributed by atoms with Crippen LogP contribution in [-0.4, -0.2) is 46.1 Å². The van der Waals surface area contributed by atoms with Gasteiger partial charge >= 0.3 is 6.01 Å².